The average molecular weight is 267 g/mol. The summed E-state index contributed by atoms with van der Waals surface area (Å²) in [6.45, 7) is 7.28. The Morgan fingerprint density at radius 3 is 2.53 bits per heavy atom. The first-order chi connectivity index (χ1) is 9.01. The summed E-state index contributed by atoms with van der Waals surface area (Å²) in [6, 6.07) is 1.68. The lowest BCUT2D eigenvalue weighted by Gasteiger charge is -2.29. The van der Waals surface area contributed by atoms with Crippen molar-refractivity contribution in [1.82, 2.24) is 9.88 Å². The summed E-state index contributed by atoms with van der Waals surface area (Å²) in [5.74, 6) is -0.140. The third kappa shape index (κ3) is 3.50. The number of anilines is 1. The number of hydrogen-bond acceptors (Lipinski definition) is 3. The third-order valence-corrected chi connectivity index (χ3v) is 3.95. The van der Waals surface area contributed by atoms with Crippen molar-refractivity contribution in [3.63, 3.8) is 0 Å². The first-order valence-corrected chi connectivity index (χ1v) is 6.86. The molecule has 0 bridgehead atoms. The van der Waals surface area contributed by atoms with Crippen LogP contribution >= 0.6 is 0 Å². The van der Waals surface area contributed by atoms with E-state index in [2.05, 4.69) is 5.32 Å². The second kappa shape index (κ2) is 6.61. The quantitative estimate of drug-likeness (QED) is 0.702. The van der Waals surface area contributed by atoms with Crippen LogP contribution in [0.2, 0.25) is 0 Å². The highest BCUT2D eigenvalue weighted by Gasteiger charge is 2.26. The maximum atomic E-state index is 12.2. The Hall–Kier alpha value is -1.49. The van der Waals surface area contributed by atoms with Crippen LogP contribution in [0.25, 0.3) is 0 Å². The largest absolute Gasteiger partial charge is 0.397 e. The number of carbonyl (C=O) groups is 1. The van der Waals surface area contributed by atoms with Crippen molar-refractivity contribution in [2.24, 2.45) is 5.41 Å². The first-order valence-electron chi connectivity index (χ1n) is 6.86. The van der Waals surface area contributed by atoms with Gasteiger partial charge in [0.15, 0.2) is 0 Å². The Bertz CT molecular complexity index is 414. The molecule has 5 nitrogen and oxygen atoms in total. The van der Waals surface area contributed by atoms with Gasteiger partial charge in [0.05, 0.1) is 12.3 Å². The molecule has 1 aromatic rings. The van der Waals surface area contributed by atoms with Crippen LogP contribution < -0.4 is 11.1 Å². The molecule has 108 valence electrons. The zero-order valence-electron chi connectivity index (χ0n) is 12.1. The van der Waals surface area contributed by atoms with E-state index in [1.807, 2.05) is 25.3 Å². The van der Waals surface area contributed by atoms with Gasteiger partial charge in [-0.25, -0.2) is 0 Å². The molecule has 5 heteroatoms. The Kier molecular flexibility index (Phi) is 5.42. The van der Waals surface area contributed by atoms with Crippen LogP contribution in [0.4, 0.5) is 5.69 Å². The minimum atomic E-state index is -0.231. The van der Waals surface area contributed by atoms with Crippen molar-refractivity contribution in [2.45, 2.75) is 40.2 Å². The highest BCUT2D eigenvalue weighted by atomic mass is 16.3. The van der Waals surface area contributed by atoms with Gasteiger partial charge < -0.3 is 20.7 Å². The van der Waals surface area contributed by atoms with Gasteiger partial charge in [0, 0.05) is 24.7 Å². The summed E-state index contributed by atoms with van der Waals surface area (Å²) in [5.41, 5.74) is 6.64. The molecule has 1 rings (SSSR count). The smallest absolute Gasteiger partial charge is 0.268 e. The predicted octanol–water partition coefficient (Wildman–Crippen LogP) is 1.62. The molecule has 0 unspecified atom stereocenters. The Labute approximate surface area is 114 Å². The number of aromatic nitrogens is 1. The van der Waals surface area contributed by atoms with E-state index in [4.69, 9.17) is 5.73 Å². The highest BCUT2D eigenvalue weighted by molar-refractivity contribution is 5.93. The lowest BCUT2D eigenvalue weighted by Crippen LogP contribution is -2.39. The number of amides is 1. The van der Waals surface area contributed by atoms with Crippen LogP contribution in [-0.4, -0.2) is 28.7 Å². The van der Waals surface area contributed by atoms with Crippen LogP contribution in [0.1, 0.15) is 44.1 Å². The van der Waals surface area contributed by atoms with Crippen LogP contribution in [-0.2, 0) is 6.54 Å². The van der Waals surface area contributed by atoms with Gasteiger partial charge in [0.2, 0.25) is 0 Å². The van der Waals surface area contributed by atoms with Gasteiger partial charge in [-0.05, 0) is 25.8 Å². The van der Waals surface area contributed by atoms with Gasteiger partial charge in [-0.3, -0.25) is 4.79 Å². The molecule has 0 aliphatic rings. The number of nitrogens with two attached hydrogens (primary N) is 1. The summed E-state index contributed by atoms with van der Waals surface area (Å²) in [4.78, 5) is 12.2. The number of nitrogens with zero attached hydrogens (tertiary/aromatic N) is 1. The fourth-order valence-electron chi connectivity index (χ4n) is 2.12. The number of carbonyl (C=O) groups excluding carboxylic acids is 1. The molecule has 0 atom stereocenters. The van der Waals surface area contributed by atoms with E-state index in [0.29, 0.717) is 24.5 Å². The van der Waals surface area contributed by atoms with Gasteiger partial charge >= 0.3 is 0 Å². The van der Waals surface area contributed by atoms with E-state index in [0.717, 1.165) is 12.8 Å². The molecule has 0 spiro atoms. The standard InChI is InChI=1S/C14H25N3O2/c1-4-14(5-2,10-18)9-16-13(19)12-7-11(15)8-17(12)6-3/h7-8,18H,4-6,9-10,15H2,1-3H3,(H,16,19). The normalized spacial score (nSPS) is 11.6. The maximum absolute atomic E-state index is 12.2. The molecular weight excluding hydrogens is 242 g/mol. The molecule has 1 aromatic heterocycles. The lowest BCUT2D eigenvalue weighted by atomic mass is 9.83. The summed E-state index contributed by atoms with van der Waals surface area (Å²) >= 11 is 0. The number of nitrogen functional groups attached to an aromatic ring is 1. The number of aliphatic hydroxyl groups is 1. The Morgan fingerprint density at radius 2 is 2.05 bits per heavy atom. The summed E-state index contributed by atoms with van der Waals surface area (Å²) in [6.07, 6.45) is 3.42. The minimum Gasteiger partial charge on any atom is -0.397 e. The summed E-state index contributed by atoms with van der Waals surface area (Å²) < 4.78 is 1.82. The number of aryl methyl sites for hydroxylation is 1. The van der Waals surface area contributed by atoms with Gasteiger partial charge in [-0.2, -0.15) is 0 Å². The van der Waals surface area contributed by atoms with Gasteiger partial charge in [0.25, 0.3) is 5.91 Å². The zero-order valence-corrected chi connectivity index (χ0v) is 12.1. The SMILES string of the molecule is CCn1cc(N)cc1C(=O)NCC(CC)(CC)CO. The predicted molar refractivity (Wildman–Crippen MR) is 77.0 cm³/mol. The second-order valence-electron chi connectivity index (χ2n) is 4.99. The van der Waals surface area contributed by atoms with E-state index in [9.17, 15) is 9.90 Å². The maximum Gasteiger partial charge on any atom is 0.268 e. The Morgan fingerprint density at radius 1 is 1.42 bits per heavy atom. The molecule has 19 heavy (non-hydrogen) atoms. The molecular formula is C14H25N3O2. The van der Waals surface area contributed by atoms with Crippen molar-refractivity contribution in [1.29, 1.82) is 0 Å². The molecule has 4 N–H and O–H groups in total. The molecule has 0 saturated carbocycles. The van der Waals surface area contributed by atoms with Crippen molar-refractivity contribution in [3.8, 4) is 0 Å². The third-order valence-electron chi connectivity index (χ3n) is 3.95. The molecule has 0 saturated heterocycles. The molecule has 0 aromatic carbocycles. The zero-order chi connectivity index (χ0) is 14.5. The van der Waals surface area contributed by atoms with E-state index in [-0.39, 0.29) is 17.9 Å². The Balaban J connectivity index is 2.74. The molecule has 0 aliphatic heterocycles. The number of rotatable bonds is 7. The highest BCUT2D eigenvalue weighted by Crippen LogP contribution is 2.24. The molecule has 1 amide bonds. The first kappa shape index (κ1) is 15.6. The van der Waals surface area contributed by atoms with Crippen molar-refractivity contribution in [3.05, 3.63) is 18.0 Å². The topological polar surface area (TPSA) is 80.3 Å². The molecule has 0 radical (unpaired) electrons. The molecule has 1 heterocycles. The van der Waals surface area contributed by atoms with E-state index >= 15 is 0 Å². The van der Waals surface area contributed by atoms with Crippen molar-refractivity contribution in [2.75, 3.05) is 18.9 Å². The minimum absolute atomic E-state index is 0.0806. The lowest BCUT2D eigenvalue weighted by molar-refractivity contribution is 0.0843. The number of aliphatic hydroxyl groups excluding tert-OH is 1. The summed E-state index contributed by atoms with van der Waals surface area (Å²) in [5, 5.41) is 12.4. The van der Waals surface area contributed by atoms with Crippen molar-refractivity contribution < 1.29 is 9.90 Å². The van der Waals surface area contributed by atoms with Crippen molar-refractivity contribution >= 4 is 11.6 Å². The van der Waals surface area contributed by atoms with Crippen LogP contribution in [0.5, 0.6) is 0 Å². The number of nitrogens with one attached hydrogen (secondary N) is 1. The fraction of sp³-hybridized carbons (Fsp3) is 0.643. The van der Waals surface area contributed by atoms with Gasteiger partial charge in [0.1, 0.15) is 5.69 Å². The second-order valence-corrected chi connectivity index (χ2v) is 4.99. The molecule has 0 aliphatic carbocycles. The van der Waals surface area contributed by atoms with Gasteiger partial charge in [-0.1, -0.05) is 13.8 Å². The fourth-order valence-corrected chi connectivity index (χ4v) is 2.12. The van der Waals surface area contributed by atoms with E-state index in [1.165, 1.54) is 0 Å². The molecule has 0 fully saturated rings. The van der Waals surface area contributed by atoms with Crippen LogP contribution in [0, 0.1) is 5.41 Å². The van der Waals surface area contributed by atoms with E-state index in [1.54, 1.807) is 12.3 Å². The summed E-state index contributed by atoms with van der Waals surface area (Å²) in [7, 11) is 0. The monoisotopic (exact) mass is 267 g/mol. The van der Waals surface area contributed by atoms with E-state index < -0.39 is 0 Å². The number of hydrogen-bond donors (Lipinski definition) is 3. The average Bonchev–Trinajstić information content (AvgIpc) is 2.82. The van der Waals surface area contributed by atoms with Crippen LogP contribution in [0.3, 0.4) is 0 Å². The van der Waals surface area contributed by atoms with Gasteiger partial charge in [-0.15, -0.1) is 0 Å². The van der Waals surface area contributed by atoms with Crippen LogP contribution in [0.15, 0.2) is 12.3 Å².